The molecule has 0 spiro atoms. The molecule has 0 amide bonds. The van der Waals surface area contributed by atoms with Gasteiger partial charge < -0.3 is 5.73 Å². The van der Waals surface area contributed by atoms with Crippen molar-refractivity contribution in [3.63, 3.8) is 0 Å². The molecule has 84 valence electrons. The SMILES string of the molecule is CC(C)(N)c1cnc(Cc2ccccc2)s1. The Morgan fingerprint density at radius 2 is 1.94 bits per heavy atom. The van der Waals surface area contributed by atoms with E-state index >= 15 is 0 Å². The van der Waals surface area contributed by atoms with Crippen LogP contribution in [0.25, 0.3) is 0 Å². The van der Waals surface area contributed by atoms with Crippen LogP contribution in [0.3, 0.4) is 0 Å². The molecule has 0 saturated heterocycles. The lowest BCUT2D eigenvalue weighted by molar-refractivity contribution is 0.566. The van der Waals surface area contributed by atoms with Crippen LogP contribution in [0.5, 0.6) is 0 Å². The molecule has 2 aromatic rings. The van der Waals surface area contributed by atoms with Gasteiger partial charge in [0.1, 0.15) is 0 Å². The Hall–Kier alpha value is -1.19. The molecule has 0 unspecified atom stereocenters. The van der Waals surface area contributed by atoms with Gasteiger partial charge in [-0.3, -0.25) is 0 Å². The molecule has 0 bridgehead atoms. The number of hydrogen-bond acceptors (Lipinski definition) is 3. The third-order valence-electron chi connectivity index (χ3n) is 2.39. The molecule has 1 heterocycles. The van der Waals surface area contributed by atoms with Gasteiger partial charge in [0.2, 0.25) is 0 Å². The van der Waals surface area contributed by atoms with Crippen molar-refractivity contribution in [3.8, 4) is 0 Å². The molecule has 16 heavy (non-hydrogen) atoms. The predicted molar refractivity (Wildman–Crippen MR) is 68.6 cm³/mol. The highest BCUT2D eigenvalue weighted by atomic mass is 32.1. The summed E-state index contributed by atoms with van der Waals surface area (Å²) < 4.78 is 0. The summed E-state index contributed by atoms with van der Waals surface area (Å²) in [6.45, 7) is 4.01. The number of thiazole rings is 1. The minimum Gasteiger partial charge on any atom is -0.321 e. The van der Waals surface area contributed by atoms with E-state index in [1.165, 1.54) is 5.56 Å². The van der Waals surface area contributed by atoms with Crippen molar-refractivity contribution in [2.75, 3.05) is 0 Å². The summed E-state index contributed by atoms with van der Waals surface area (Å²) in [5.74, 6) is 0. The van der Waals surface area contributed by atoms with E-state index in [-0.39, 0.29) is 5.54 Å². The Bertz CT molecular complexity index is 454. The minimum absolute atomic E-state index is 0.285. The van der Waals surface area contributed by atoms with Crippen LogP contribution in [0.2, 0.25) is 0 Å². The molecule has 0 aliphatic carbocycles. The Balaban J connectivity index is 2.15. The van der Waals surface area contributed by atoms with Gasteiger partial charge in [-0.2, -0.15) is 0 Å². The summed E-state index contributed by atoms with van der Waals surface area (Å²) in [6, 6.07) is 10.4. The van der Waals surface area contributed by atoms with E-state index in [1.807, 2.05) is 26.1 Å². The summed E-state index contributed by atoms with van der Waals surface area (Å²) in [5.41, 5.74) is 7.04. The number of benzene rings is 1. The van der Waals surface area contributed by atoms with E-state index in [0.29, 0.717) is 0 Å². The van der Waals surface area contributed by atoms with E-state index in [2.05, 4.69) is 29.2 Å². The number of aromatic nitrogens is 1. The normalized spacial score (nSPS) is 11.7. The number of hydrogen-bond donors (Lipinski definition) is 1. The molecule has 0 saturated carbocycles. The third kappa shape index (κ3) is 2.68. The molecule has 0 atom stereocenters. The lowest BCUT2D eigenvalue weighted by Crippen LogP contribution is -2.27. The highest BCUT2D eigenvalue weighted by Gasteiger charge is 2.17. The van der Waals surface area contributed by atoms with Crippen molar-refractivity contribution in [1.82, 2.24) is 4.98 Å². The highest BCUT2D eigenvalue weighted by Crippen LogP contribution is 2.25. The van der Waals surface area contributed by atoms with E-state index in [1.54, 1.807) is 11.3 Å². The van der Waals surface area contributed by atoms with E-state index < -0.39 is 0 Å². The lowest BCUT2D eigenvalue weighted by Gasteiger charge is -2.14. The van der Waals surface area contributed by atoms with Crippen LogP contribution in [0.1, 0.15) is 29.3 Å². The van der Waals surface area contributed by atoms with Gasteiger partial charge in [0.05, 0.1) is 5.01 Å². The van der Waals surface area contributed by atoms with Gasteiger partial charge in [0, 0.05) is 23.0 Å². The molecule has 0 aliphatic rings. The van der Waals surface area contributed by atoms with Crippen LogP contribution >= 0.6 is 11.3 Å². The first-order valence-corrected chi connectivity index (χ1v) is 6.15. The molecular formula is C13H16N2S. The average molecular weight is 232 g/mol. The molecule has 0 radical (unpaired) electrons. The molecule has 0 aliphatic heterocycles. The lowest BCUT2D eigenvalue weighted by atomic mass is 10.1. The zero-order chi connectivity index (χ0) is 11.6. The van der Waals surface area contributed by atoms with Gasteiger partial charge in [0.15, 0.2) is 0 Å². The van der Waals surface area contributed by atoms with Gasteiger partial charge >= 0.3 is 0 Å². The quantitative estimate of drug-likeness (QED) is 0.883. The molecular weight excluding hydrogens is 216 g/mol. The van der Waals surface area contributed by atoms with Crippen molar-refractivity contribution >= 4 is 11.3 Å². The Morgan fingerprint density at radius 3 is 2.50 bits per heavy atom. The van der Waals surface area contributed by atoms with Crippen molar-refractivity contribution in [3.05, 3.63) is 52.0 Å². The monoisotopic (exact) mass is 232 g/mol. The molecule has 2 nitrogen and oxygen atoms in total. The zero-order valence-electron chi connectivity index (χ0n) is 9.60. The van der Waals surface area contributed by atoms with E-state index in [4.69, 9.17) is 5.73 Å². The molecule has 2 N–H and O–H groups in total. The van der Waals surface area contributed by atoms with E-state index in [9.17, 15) is 0 Å². The summed E-state index contributed by atoms with van der Waals surface area (Å²) >= 11 is 1.70. The van der Waals surface area contributed by atoms with Gasteiger partial charge in [-0.25, -0.2) is 4.98 Å². The zero-order valence-corrected chi connectivity index (χ0v) is 10.4. The minimum atomic E-state index is -0.285. The summed E-state index contributed by atoms with van der Waals surface area (Å²) in [7, 11) is 0. The Labute approximate surface area is 100 Å². The molecule has 1 aromatic carbocycles. The maximum absolute atomic E-state index is 6.03. The number of nitrogens with zero attached hydrogens (tertiary/aromatic N) is 1. The summed E-state index contributed by atoms with van der Waals surface area (Å²) in [6.07, 6.45) is 2.78. The van der Waals surface area contributed by atoms with Crippen LogP contribution in [0.4, 0.5) is 0 Å². The fraction of sp³-hybridized carbons (Fsp3) is 0.308. The highest BCUT2D eigenvalue weighted by molar-refractivity contribution is 7.11. The standard InChI is InChI=1S/C13H16N2S/c1-13(2,14)11-9-15-12(16-11)8-10-6-4-3-5-7-10/h3-7,9H,8,14H2,1-2H3. The smallest absolute Gasteiger partial charge is 0.0972 e. The Morgan fingerprint density at radius 1 is 1.25 bits per heavy atom. The van der Waals surface area contributed by atoms with E-state index in [0.717, 1.165) is 16.3 Å². The molecule has 2 rings (SSSR count). The van der Waals surface area contributed by atoms with Crippen molar-refractivity contribution in [2.24, 2.45) is 5.73 Å². The largest absolute Gasteiger partial charge is 0.321 e. The first-order chi connectivity index (χ1) is 7.55. The van der Waals surface area contributed by atoms with Crippen molar-refractivity contribution in [2.45, 2.75) is 25.8 Å². The van der Waals surface area contributed by atoms with Gasteiger partial charge in [0.25, 0.3) is 0 Å². The fourth-order valence-corrected chi connectivity index (χ4v) is 2.43. The molecule has 1 aromatic heterocycles. The van der Waals surface area contributed by atoms with Crippen LogP contribution < -0.4 is 5.73 Å². The maximum Gasteiger partial charge on any atom is 0.0972 e. The Kier molecular flexibility index (Phi) is 3.08. The van der Waals surface area contributed by atoms with Gasteiger partial charge in [-0.1, -0.05) is 30.3 Å². The summed E-state index contributed by atoms with van der Waals surface area (Å²) in [5, 5.41) is 1.12. The second-order valence-corrected chi connectivity index (χ2v) is 5.62. The topological polar surface area (TPSA) is 38.9 Å². The van der Waals surface area contributed by atoms with Crippen LogP contribution in [-0.4, -0.2) is 4.98 Å². The molecule has 3 heteroatoms. The third-order valence-corrected chi connectivity index (χ3v) is 3.72. The van der Waals surface area contributed by atoms with Crippen LogP contribution in [0, 0.1) is 0 Å². The second-order valence-electron chi connectivity index (χ2n) is 4.50. The molecule has 0 fully saturated rings. The van der Waals surface area contributed by atoms with Gasteiger partial charge in [-0.05, 0) is 19.4 Å². The summed E-state index contributed by atoms with van der Waals surface area (Å²) in [4.78, 5) is 5.55. The first kappa shape index (κ1) is 11.3. The number of rotatable bonds is 3. The number of nitrogens with two attached hydrogens (primary N) is 1. The average Bonchev–Trinajstić information content (AvgIpc) is 2.67. The van der Waals surface area contributed by atoms with Crippen LogP contribution in [-0.2, 0) is 12.0 Å². The second kappa shape index (κ2) is 4.36. The van der Waals surface area contributed by atoms with Crippen molar-refractivity contribution < 1.29 is 0 Å². The predicted octanol–water partition coefficient (Wildman–Crippen LogP) is 2.93. The van der Waals surface area contributed by atoms with Gasteiger partial charge in [-0.15, -0.1) is 11.3 Å². The van der Waals surface area contributed by atoms with Crippen molar-refractivity contribution in [1.29, 1.82) is 0 Å². The fourth-order valence-electron chi connectivity index (χ4n) is 1.46. The van der Waals surface area contributed by atoms with Crippen LogP contribution in [0.15, 0.2) is 36.5 Å². The first-order valence-electron chi connectivity index (χ1n) is 5.34. The maximum atomic E-state index is 6.03.